The second-order valence-electron chi connectivity index (χ2n) is 12.2. The van der Waals surface area contributed by atoms with Crippen LogP contribution in [0.3, 0.4) is 0 Å². The van der Waals surface area contributed by atoms with Gasteiger partial charge in [-0.05, 0) is 66.5 Å². The largest absolute Gasteiger partial charge is 0.507 e. The van der Waals surface area contributed by atoms with Crippen LogP contribution in [0.1, 0.15) is 71.2 Å². The van der Waals surface area contributed by atoms with E-state index in [-0.39, 0.29) is 17.7 Å². The molecule has 3 N–H and O–H groups in total. The number of rotatable bonds is 10. The van der Waals surface area contributed by atoms with E-state index in [2.05, 4.69) is 10.6 Å². The number of para-hydroxylation sites is 1. The number of aromatic hydroxyl groups is 1. The van der Waals surface area contributed by atoms with E-state index in [4.69, 9.17) is 9.47 Å². The molecule has 43 heavy (non-hydrogen) atoms. The van der Waals surface area contributed by atoms with Crippen molar-refractivity contribution in [3.63, 3.8) is 0 Å². The summed E-state index contributed by atoms with van der Waals surface area (Å²) in [5.74, 6) is -2.58. The van der Waals surface area contributed by atoms with E-state index in [1.165, 1.54) is 13.0 Å². The standard InChI is InChI=1S/C32H42N4O7/c1-20-13-12-16-23(26(20)37)25(36(18-17-33)28(39)21(2)34-30(41)43-32(6,7)8)27(38)35-24(29(40)42-31(3,4)5)19-22-14-10-9-11-15-22/h9-16,21,24-25,37H,18-19H2,1-8H3,(H,34,41)(H,35,38). The van der Waals surface area contributed by atoms with Gasteiger partial charge in [-0.25, -0.2) is 9.59 Å². The quantitative estimate of drug-likeness (QED) is 0.274. The van der Waals surface area contributed by atoms with Crippen molar-refractivity contribution in [1.29, 1.82) is 5.26 Å². The van der Waals surface area contributed by atoms with E-state index in [0.29, 0.717) is 5.56 Å². The number of phenols is 1. The lowest BCUT2D eigenvalue weighted by molar-refractivity contribution is -0.159. The molecule has 0 saturated heterocycles. The highest BCUT2D eigenvalue weighted by molar-refractivity contribution is 5.94. The van der Waals surface area contributed by atoms with E-state index < -0.39 is 59.7 Å². The van der Waals surface area contributed by atoms with Crippen molar-refractivity contribution in [2.45, 2.75) is 91.1 Å². The maximum atomic E-state index is 14.1. The van der Waals surface area contributed by atoms with Gasteiger partial charge in [0.2, 0.25) is 11.8 Å². The molecule has 0 fully saturated rings. The van der Waals surface area contributed by atoms with Gasteiger partial charge in [0.25, 0.3) is 0 Å². The number of carbonyl (C=O) groups is 4. The maximum Gasteiger partial charge on any atom is 0.408 e. The van der Waals surface area contributed by atoms with Gasteiger partial charge in [0.15, 0.2) is 0 Å². The Labute approximate surface area is 253 Å². The molecule has 0 aliphatic rings. The van der Waals surface area contributed by atoms with Gasteiger partial charge in [-0.15, -0.1) is 0 Å². The Morgan fingerprint density at radius 1 is 0.930 bits per heavy atom. The minimum absolute atomic E-state index is 0.0354. The highest BCUT2D eigenvalue weighted by atomic mass is 16.6. The van der Waals surface area contributed by atoms with Crippen LogP contribution in [-0.4, -0.2) is 63.7 Å². The minimum Gasteiger partial charge on any atom is -0.507 e. The molecule has 2 rings (SSSR count). The molecule has 0 aliphatic heterocycles. The number of nitrogens with one attached hydrogen (secondary N) is 2. The summed E-state index contributed by atoms with van der Waals surface area (Å²) in [6, 6.07) is 11.6. The molecule has 0 spiro atoms. The first-order valence-electron chi connectivity index (χ1n) is 14.0. The Hall–Kier alpha value is -4.59. The van der Waals surface area contributed by atoms with E-state index >= 15 is 0 Å². The Kier molecular flexibility index (Phi) is 11.7. The number of carbonyl (C=O) groups excluding carboxylic acids is 4. The molecule has 0 bridgehead atoms. The van der Waals surface area contributed by atoms with Crippen LogP contribution in [0.25, 0.3) is 0 Å². The van der Waals surface area contributed by atoms with Gasteiger partial charge < -0.3 is 30.1 Å². The summed E-state index contributed by atoms with van der Waals surface area (Å²) in [6.45, 7) is 12.5. The number of esters is 1. The number of alkyl carbamates (subject to hydrolysis) is 1. The number of nitrogens with zero attached hydrogens (tertiary/aromatic N) is 2. The maximum absolute atomic E-state index is 14.1. The Balaban J connectivity index is 2.55. The van der Waals surface area contributed by atoms with Gasteiger partial charge in [0, 0.05) is 12.0 Å². The number of hydrogen-bond donors (Lipinski definition) is 3. The van der Waals surface area contributed by atoms with Crippen molar-refractivity contribution in [3.8, 4) is 11.8 Å². The van der Waals surface area contributed by atoms with E-state index in [1.807, 2.05) is 12.1 Å². The smallest absolute Gasteiger partial charge is 0.408 e. The average Bonchev–Trinajstić information content (AvgIpc) is 2.88. The van der Waals surface area contributed by atoms with Gasteiger partial charge in [-0.1, -0.05) is 48.5 Å². The third-order valence-corrected chi connectivity index (χ3v) is 6.04. The van der Waals surface area contributed by atoms with Crippen molar-refractivity contribution in [2.24, 2.45) is 0 Å². The van der Waals surface area contributed by atoms with Gasteiger partial charge in [-0.2, -0.15) is 5.26 Å². The van der Waals surface area contributed by atoms with Crippen LogP contribution in [0.5, 0.6) is 5.75 Å². The molecular weight excluding hydrogens is 552 g/mol. The molecule has 3 amide bonds. The van der Waals surface area contributed by atoms with E-state index in [9.17, 15) is 29.5 Å². The van der Waals surface area contributed by atoms with Crippen molar-refractivity contribution in [2.75, 3.05) is 6.54 Å². The zero-order valence-electron chi connectivity index (χ0n) is 26.1. The van der Waals surface area contributed by atoms with Gasteiger partial charge in [0.05, 0.1) is 6.07 Å². The third kappa shape index (κ3) is 10.6. The van der Waals surface area contributed by atoms with Crippen molar-refractivity contribution < 1.29 is 33.8 Å². The fourth-order valence-corrected chi connectivity index (χ4v) is 4.19. The molecule has 0 radical (unpaired) electrons. The molecular formula is C32H42N4O7. The van der Waals surface area contributed by atoms with Gasteiger partial charge >= 0.3 is 12.1 Å². The van der Waals surface area contributed by atoms with Gasteiger partial charge in [0.1, 0.15) is 41.6 Å². The normalized spacial score (nSPS) is 13.5. The SMILES string of the molecule is Cc1cccc(C(C(=O)NC(Cc2ccccc2)C(=O)OC(C)(C)C)N(CC#N)C(=O)C(C)NC(=O)OC(C)(C)C)c1O. The van der Waals surface area contributed by atoms with Crippen LogP contribution in [0, 0.1) is 18.3 Å². The number of nitriles is 1. The highest BCUT2D eigenvalue weighted by Crippen LogP contribution is 2.32. The van der Waals surface area contributed by atoms with Crippen LogP contribution >= 0.6 is 0 Å². The molecule has 0 heterocycles. The fraction of sp³-hybridized carbons (Fsp3) is 0.469. The zero-order chi connectivity index (χ0) is 32.5. The van der Waals surface area contributed by atoms with E-state index in [0.717, 1.165) is 10.5 Å². The lowest BCUT2D eigenvalue weighted by Gasteiger charge is -2.33. The summed E-state index contributed by atoms with van der Waals surface area (Å²) in [5, 5.41) is 25.8. The van der Waals surface area contributed by atoms with Crippen LogP contribution < -0.4 is 10.6 Å². The monoisotopic (exact) mass is 594 g/mol. The first-order chi connectivity index (χ1) is 19.9. The number of ether oxygens (including phenoxy) is 2. The number of amides is 3. The predicted octanol–water partition coefficient (Wildman–Crippen LogP) is 4.08. The molecule has 2 aromatic rings. The average molecular weight is 595 g/mol. The Morgan fingerprint density at radius 3 is 2.09 bits per heavy atom. The van der Waals surface area contributed by atoms with Crippen molar-refractivity contribution >= 4 is 23.9 Å². The van der Waals surface area contributed by atoms with Crippen LogP contribution in [-0.2, 0) is 30.3 Å². The second kappa shape index (κ2) is 14.5. The van der Waals surface area contributed by atoms with E-state index in [1.54, 1.807) is 84.9 Å². The van der Waals surface area contributed by atoms with Crippen molar-refractivity contribution in [3.05, 3.63) is 65.2 Å². The number of hydrogen-bond acceptors (Lipinski definition) is 8. The molecule has 11 nitrogen and oxygen atoms in total. The summed E-state index contributed by atoms with van der Waals surface area (Å²) in [5.41, 5.74) is -0.476. The molecule has 3 atom stereocenters. The molecule has 0 aromatic heterocycles. The number of aryl methyl sites for hydroxylation is 1. The highest BCUT2D eigenvalue weighted by Gasteiger charge is 2.38. The summed E-state index contributed by atoms with van der Waals surface area (Å²) >= 11 is 0. The predicted molar refractivity (Wildman–Crippen MR) is 160 cm³/mol. The summed E-state index contributed by atoms with van der Waals surface area (Å²) in [7, 11) is 0. The van der Waals surface area contributed by atoms with Gasteiger partial charge in [-0.3, -0.25) is 9.59 Å². The third-order valence-electron chi connectivity index (χ3n) is 6.04. The first kappa shape index (κ1) is 34.6. The van der Waals surface area contributed by atoms with Crippen LogP contribution in [0.4, 0.5) is 4.79 Å². The molecule has 11 heteroatoms. The summed E-state index contributed by atoms with van der Waals surface area (Å²) in [6.07, 6.45) is -0.783. The first-order valence-corrected chi connectivity index (χ1v) is 14.0. The van der Waals surface area contributed by atoms with Crippen LogP contribution in [0.2, 0.25) is 0 Å². The second-order valence-corrected chi connectivity index (χ2v) is 12.2. The Bertz CT molecular complexity index is 1340. The molecule has 2 aromatic carbocycles. The zero-order valence-corrected chi connectivity index (χ0v) is 26.1. The molecule has 3 unspecified atom stereocenters. The fourth-order valence-electron chi connectivity index (χ4n) is 4.19. The lowest BCUT2D eigenvalue weighted by atomic mass is 9.98. The van der Waals surface area contributed by atoms with Crippen LogP contribution in [0.15, 0.2) is 48.5 Å². The topological polar surface area (TPSA) is 158 Å². The molecule has 0 saturated carbocycles. The summed E-state index contributed by atoms with van der Waals surface area (Å²) < 4.78 is 10.8. The number of benzene rings is 2. The molecule has 0 aliphatic carbocycles. The Morgan fingerprint density at radius 2 is 1.53 bits per heavy atom. The minimum atomic E-state index is -1.55. The van der Waals surface area contributed by atoms with Crippen molar-refractivity contribution in [1.82, 2.24) is 15.5 Å². The number of phenolic OH excluding ortho intramolecular Hbond substituents is 1. The lowest BCUT2D eigenvalue weighted by Crippen LogP contribution is -2.54. The molecule has 232 valence electrons. The summed E-state index contributed by atoms with van der Waals surface area (Å²) in [4.78, 5) is 54.4.